The van der Waals surface area contributed by atoms with E-state index in [2.05, 4.69) is 6.07 Å². The Labute approximate surface area is 90.2 Å². The Balaban J connectivity index is 2.46. The molecule has 77 valence electrons. The van der Waals surface area contributed by atoms with Gasteiger partial charge in [-0.25, -0.2) is 0 Å². The van der Waals surface area contributed by atoms with Crippen molar-refractivity contribution in [2.75, 3.05) is 6.61 Å². The highest BCUT2D eigenvalue weighted by molar-refractivity contribution is 5.52. The maximum atomic E-state index is 9.18. The zero-order valence-electron chi connectivity index (χ0n) is 8.83. The molecule has 1 aliphatic rings. The van der Waals surface area contributed by atoms with E-state index in [1.54, 1.807) is 0 Å². The summed E-state index contributed by atoms with van der Waals surface area (Å²) in [5.41, 5.74) is 2.82. The Kier molecular flexibility index (Phi) is 2.75. The normalized spacial score (nSPS) is 15.3. The van der Waals surface area contributed by atoms with E-state index in [0.717, 1.165) is 22.6 Å². The Morgan fingerprint density at radius 1 is 1.53 bits per heavy atom. The average Bonchev–Trinajstić information content (AvgIpc) is 3.10. The molecule has 15 heavy (non-hydrogen) atoms. The Morgan fingerprint density at radius 3 is 2.80 bits per heavy atom. The van der Waals surface area contributed by atoms with Gasteiger partial charge in [0.25, 0.3) is 0 Å². The van der Waals surface area contributed by atoms with E-state index in [-0.39, 0.29) is 6.61 Å². The fourth-order valence-electron chi connectivity index (χ4n) is 1.87. The summed E-state index contributed by atoms with van der Waals surface area (Å²) in [6, 6.07) is 8.19. The number of aliphatic hydroxyl groups excluding tert-OH is 1. The topological polar surface area (TPSA) is 44.0 Å². The van der Waals surface area contributed by atoms with Crippen molar-refractivity contribution in [3.63, 3.8) is 0 Å². The predicted octanol–water partition coefficient (Wildman–Crippen LogP) is 2.37. The van der Waals surface area contributed by atoms with Crippen LogP contribution in [0.5, 0.6) is 0 Å². The molecule has 1 radical (unpaired) electrons. The first-order valence-electron chi connectivity index (χ1n) is 5.24. The van der Waals surface area contributed by atoms with Crippen LogP contribution in [0, 0.1) is 17.2 Å². The van der Waals surface area contributed by atoms with Crippen LogP contribution < -0.4 is 0 Å². The van der Waals surface area contributed by atoms with Crippen molar-refractivity contribution in [1.29, 1.82) is 5.26 Å². The second-order valence-electron chi connectivity index (χ2n) is 4.09. The molecule has 0 heterocycles. The molecule has 0 aliphatic heterocycles. The van der Waals surface area contributed by atoms with Gasteiger partial charge >= 0.3 is 0 Å². The quantitative estimate of drug-likeness (QED) is 0.814. The summed E-state index contributed by atoms with van der Waals surface area (Å²) in [6.45, 7) is 1.88. The molecular weight excluding hydrogens is 186 g/mol. The summed E-state index contributed by atoms with van der Waals surface area (Å²) in [6.07, 6.45) is 2.38. The summed E-state index contributed by atoms with van der Waals surface area (Å²) in [5.74, 6) is 1.44. The second-order valence-corrected chi connectivity index (χ2v) is 4.09. The molecule has 0 unspecified atom stereocenters. The summed E-state index contributed by atoms with van der Waals surface area (Å²) >= 11 is 0. The Hall–Kier alpha value is -1.33. The van der Waals surface area contributed by atoms with Crippen LogP contribution in [0.15, 0.2) is 18.2 Å². The smallest absolute Gasteiger partial charge is 0.0997 e. The van der Waals surface area contributed by atoms with Crippen molar-refractivity contribution in [2.45, 2.75) is 25.7 Å². The van der Waals surface area contributed by atoms with Gasteiger partial charge in [0.2, 0.25) is 0 Å². The average molecular weight is 200 g/mol. The molecule has 2 nitrogen and oxygen atoms in total. The third-order valence-corrected chi connectivity index (χ3v) is 2.92. The summed E-state index contributed by atoms with van der Waals surface area (Å²) in [4.78, 5) is 0. The first kappa shape index (κ1) is 10.2. The van der Waals surface area contributed by atoms with E-state index in [1.807, 2.05) is 25.1 Å². The molecule has 2 heteroatoms. The number of hydrogen-bond donors (Lipinski definition) is 1. The van der Waals surface area contributed by atoms with Gasteiger partial charge in [-0.05, 0) is 29.9 Å². The maximum absolute atomic E-state index is 9.18. The fraction of sp³-hybridized carbons (Fsp3) is 0.385. The van der Waals surface area contributed by atoms with Crippen LogP contribution in [-0.4, -0.2) is 11.7 Å². The van der Waals surface area contributed by atoms with Gasteiger partial charge in [-0.15, -0.1) is 0 Å². The van der Waals surface area contributed by atoms with Crippen LogP contribution in [0.4, 0.5) is 0 Å². The summed E-state index contributed by atoms with van der Waals surface area (Å²) in [7, 11) is 0. The number of benzene rings is 1. The van der Waals surface area contributed by atoms with Crippen molar-refractivity contribution in [3.8, 4) is 6.07 Å². The first-order valence-corrected chi connectivity index (χ1v) is 5.24. The van der Waals surface area contributed by atoms with Crippen LogP contribution in [0.25, 0.3) is 0 Å². The Morgan fingerprint density at radius 2 is 2.27 bits per heavy atom. The molecular formula is C13H14NO. The van der Waals surface area contributed by atoms with Gasteiger partial charge in [-0.1, -0.05) is 25.1 Å². The van der Waals surface area contributed by atoms with Crippen molar-refractivity contribution in [3.05, 3.63) is 40.8 Å². The number of nitrogens with zero attached hydrogens (tertiary/aromatic N) is 1. The lowest BCUT2D eigenvalue weighted by molar-refractivity contribution is 0.315. The van der Waals surface area contributed by atoms with Crippen LogP contribution in [0.3, 0.4) is 0 Å². The van der Waals surface area contributed by atoms with Crippen LogP contribution in [0.1, 0.15) is 42.4 Å². The largest absolute Gasteiger partial charge is 0.395 e. The highest BCUT2D eigenvalue weighted by Gasteiger charge is 2.27. The minimum Gasteiger partial charge on any atom is -0.395 e. The van der Waals surface area contributed by atoms with Crippen LogP contribution in [-0.2, 0) is 0 Å². The SMILES string of the molecule is C[C](CO)c1cccc(C2CC2)c1C#N. The molecule has 0 saturated heterocycles. The molecule has 1 aromatic rings. The second kappa shape index (κ2) is 4.04. The molecule has 0 spiro atoms. The lowest BCUT2D eigenvalue weighted by Crippen LogP contribution is -2.04. The number of nitriles is 1. The van der Waals surface area contributed by atoms with Gasteiger partial charge in [-0.3, -0.25) is 0 Å². The van der Waals surface area contributed by atoms with Gasteiger partial charge in [0, 0.05) is 5.92 Å². The van der Waals surface area contributed by atoms with Crippen molar-refractivity contribution >= 4 is 0 Å². The number of aliphatic hydroxyl groups is 1. The van der Waals surface area contributed by atoms with Crippen LogP contribution >= 0.6 is 0 Å². The zero-order chi connectivity index (χ0) is 10.8. The van der Waals surface area contributed by atoms with Gasteiger partial charge < -0.3 is 5.11 Å². The van der Waals surface area contributed by atoms with Crippen LogP contribution in [0.2, 0.25) is 0 Å². The van der Waals surface area contributed by atoms with Gasteiger partial charge in [-0.2, -0.15) is 5.26 Å². The minimum atomic E-state index is 0.0167. The van der Waals surface area contributed by atoms with E-state index < -0.39 is 0 Å². The molecule has 0 amide bonds. The lowest BCUT2D eigenvalue weighted by atomic mass is 9.91. The highest BCUT2D eigenvalue weighted by Crippen LogP contribution is 2.42. The van der Waals surface area contributed by atoms with E-state index >= 15 is 0 Å². The third-order valence-electron chi connectivity index (χ3n) is 2.92. The maximum Gasteiger partial charge on any atom is 0.0997 e. The molecule has 1 saturated carbocycles. The zero-order valence-corrected chi connectivity index (χ0v) is 8.83. The third kappa shape index (κ3) is 1.88. The molecule has 0 atom stereocenters. The van der Waals surface area contributed by atoms with Crippen molar-refractivity contribution in [2.24, 2.45) is 0 Å². The minimum absolute atomic E-state index is 0.0167. The number of rotatable bonds is 3. The van der Waals surface area contributed by atoms with Crippen molar-refractivity contribution < 1.29 is 5.11 Å². The molecule has 1 aliphatic carbocycles. The van der Waals surface area contributed by atoms with E-state index in [4.69, 9.17) is 5.11 Å². The monoisotopic (exact) mass is 200 g/mol. The molecule has 1 N–H and O–H groups in total. The fourth-order valence-corrected chi connectivity index (χ4v) is 1.87. The number of hydrogen-bond acceptors (Lipinski definition) is 2. The van der Waals surface area contributed by atoms with Gasteiger partial charge in [0.05, 0.1) is 18.2 Å². The predicted molar refractivity (Wildman–Crippen MR) is 58.2 cm³/mol. The summed E-state index contributed by atoms with van der Waals surface area (Å²) in [5, 5.41) is 18.3. The molecule has 0 bridgehead atoms. The van der Waals surface area contributed by atoms with E-state index in [1.165, 1.54) is 12.8 Å². The molecule has 2 rings (SSSR count). The molecule has 1 fully saturated rings. The Bertz CT molecular complexity index is 401. The standard InChI is InChI=1S/C13H14NO/c1-9(8-15)11-3-2-4-12(10-5-6-10)13(11)7-14/h2-4,10,15H,5-6,8H2,1H3. The van der Waals surface area contributed by atoms with Gasteiger partial charge in [0.1, 0.15) is 0 Å². The first-order chi connectivity index (χ1) is 7.27. The molecule has 1 aromatic carbocycles. The van der Waals surface area contributed by atoms with E-state index in [9.17, 15) is 5.26 Å². The van der Waals surface area contributed by atoms with Gasteiger partial charge in [0.15, 0.2) is 0 Å². The highest BCUT2D eigenvalue weighted by atomic mass is 16.3. The summed E-state index contributed by atoms with van der Waals surface area (Å²) < 4.78 is 0. The molecule has 0 aromatic heterocycles. The van der Waals surface area contributed by atoms with Crippen molar-refractivity contribution in [1.82, 2.24) is 0 Å². The lowest BCUT2D eigenvalue weighted by Gasteiger charge is -2.12. The van der Waals surface area contributed by atoms with E-state index in [0.29, 0.717) is 5.92 Å².